The summed E-state index contributed by atoms with van der Waals surface area (Å²) in [6, 6.07) is 15.8. The van der Waals surface area contributed by atoms with Crippen LogP contribution in [0.2, 0.25) is 0 Å². The minimum absolute atomic E-state index is 0.0744. The number of hydrogen-bond donors (Lipinski definition) is 1. The fraction of sp³-hybridized carbons (Fsp3) is 0.143. The molecule has 2 aromatic carbocycles. The Morgan fingerprint density at radius 2 is 1.84 bits per heavy atom. The van der Waals surface area contributed by atoms with Gasteiger partial charge in [0.25, 0.3) is 5.91 Å². The predicted octanol–water partition coefficient (Wildman–Crippen LogP) is 4.09. The van der Waals surface area contributed by atoms with E-state index in [-0.39, 0.29) is 17.2 Å². The van der Waals surface area contributed by atoms with E-state index < -0.39 is 17.6 Å². The number of hydrogen-bond acceptors (Lipinski definition) is 4. The van der Waals surface area contributed by atoms with E-state index >= 15 is 0 Å². The summed E-state index contributed by atoms with van der Waals surface area (Å²) in [6.45, 7) is 2.12. The van der Waals surface area contributed by atoms with Gasteiger partial charge < -0.3 is 5.32 Å². The molecule has 10 heteroatoms. The molecule has 1 amide bonds. The highest BCUT2D eigenvalue weighted by Gasteiger charge is 2.30. The summed E-state index contributed by atoms with van der Waals surface area (Å²) < 4.78 is 42.0. The van der Waals surface area contributed by atoms with E-state index in [4.69, 9.17) is 0 Å². The Bertz CT molecular complexity index is 1210. The van der Waals surface area contributed by atoms with Crippen molar-refractivity contribution in [1.82, 2.24) is 24.8 Å². The molecule has 2 heterocycles. The molecule has 1 N–H and O–H groups in total. The van der Waals surface area contributed by atoms with Gasteiger partial charge in [-0.1, -0.05) is 41.6 Å². The minimum Gasteiger partial charge on any atom is -0.305 e. The molecule has 0 bridgehead atoms. The molecule has 0 unspecified atom stereocenters. The van der Waals surface area contributed by atoms with Gasteiger partial charge in [-0.2, -0.15) is 18.3 Å². The summed E-state index contributed by atoms with van der Waals surface area (Å²) in [5.74, 6) is -0.327. The average Bonchev–Trinajstić information content (AvgIpc) is 3.35. The third kappa shape index (κ3) is 4.63. The largest absolute Gasteiger partial charge is 0.416 e. The van der Waals surface area contributed by atoms with Crippen molar-refractivity contribution in [2.24, 2.45) is 0 Å². The van der Waals surface area contributed by atoms with E-state index in [2.05, 4.69) is 20.7 Å². The zero-order chi connectivity index (χ0) is 22.0. The minimum atomic E-state index is -4.49. The molecule has 7 nitrogen and oxygen atoms in total. The Labute approximate surface area is 175 Å². The third-order valence-electron chi connectivity index (χ3n) is 4.45. The third-order valence-corrected chi connectivity index (χ3v) is 4.45. The molecule has 0 aliphatic heterocycles. The van der Waals surface area contributed by atoms with Gasteiger partial charge in [-0.05, 0) is 30.7 Å². The molecule has 0 atom stereocenters. The maximum Gasteiger partial charge on any atom is 0.416 e. The number of rotatable bonds is 5. The van der Waals surface area contributed by atoms with Crippen LogP contribution >= 0.6 is 0 Å². The van der Waals surface area contributed by atoms with Crippen molar-refractivity contribution in [2.45, 2.75) is 19.6 Å². The van der Waals surface area contributed by atoms with Crippen LogP contribution in [-0.2, 0) is 12.7 Å². The van der Waals surface area contributed by atoms with Crippen molar-refractivity contribution in [3.63, 3.8) is 0 Å². The van der Waals surface area contributed by atoms with Crippen LogP contribution in [0.5, 0.6) is 0 Å². The van der Waals surface area contributed by atoms with E-state index in [0.29, 0.717) is 12.2 Å². The van der Waals surface area contributed by atoms with Crippen molar-refractivity contribution in [2.75, 3.05) is 5.32 Å². The molecular weight excluding hydrogens is 409 g/mol. The molecule has 0 saturated carbocycles. The Kier molecular flexibility index (Phi) is 5.28. The predicted molar refractivity (Wildman–Crippen MR) is 107 cm³/mol. The number of carbonyl (C=O) groups is 1. The van der Waals surface area contributed by atoms with E-state index in [1.165, 1.54) is 27.7 Å². The first-order valence-corrected chi connectivity index (χ1v) is 9.29. The van der Waals surface area contributed by atoms with Gasteiger partial charge in [-0.15, -0.1) is 5.10 Å². The van der Waals surface area contributed by atoms with Gasteiger partial charge in [0.1, 0.15) is 5.82 Å². The van der Waals surface area contributed by atoms with Gasteiger partial charge in [0.15, 0.2) is 5.69 Å². The SMILES string of the molecule is Cc1cc(NC(=O)c2cn(Cc3ccccc3)nn2)n(-c2cccc(C(F)(F)F)c2)n1. The quantitative estimate of drug-likeness (QED) is 0.522. The van der Waals surface area contributed by atoms with E-state index in [1.54, 1.807) is 13.0 Å². The summed E-state index contributed by atoms with van der Waals surface area (Å²) in [5, 5.41) is 14.7. The van der Waals surface area contributed by atoms with Crippen LogP contribution in [-0.4, -0.2) is 30.7 Å². The van der Waals surface area contributed by atoms with Crippen LogP contribution in [0.1, 0.15) is 27.3 Å². The lowest BCUT2D eigenvalue weighted by atomic mass is 10.2. The standard InChI is InChI=1S/C21H17F3N6O/c1-14-10-19(30(27-14)17-9-5-8-16(11-17)21(22,23)24)25-20(31)18-13-29(28-26-18)12-15-6-3-2-4-7-15/h2-11,13H,12H2,1H3,(H,25,31). The average molecular weight is 426 g/mol. The number of anilines is 1. The maximum absolute atomic E-state index is 13.1. The molecule has 0 radical (unpaired) electrons. The number of nitrogens with one attached hydrogen (secondary N) is 1. The summed E-state index contributed by atoms with van der Waals surface area (Å²) >= 11 is 0. The second-order valence-electron chi connectivity index (χ2n) is 6.87. The molecule has 0 saturated heterocycles. The lowest BCUT2D eigenvalue weighted by molar-refractivity contribution is -0.137. The number of amides is 1. The molecule has 4 rings (SSSR count). The highest BCUT2D eigenvalue weighted by molar-refractivity contribution is 6.02. The first-order valence-electron chi connectivity index (χ1n) is 9.29. The normalized spacial score (nSPS) is 11.5. The van der Waals surface area contributed by atoms with Gasteiger partial charge in [0.2, 0.25) is 0 Å². The van der Waals surface area contributed by atoms with Gasteiger partial charge in [-0.3, -0.25) is 4.79 Å². The van der Waals surface area contributed by atoms with Crippen LogP contribution in [0.25, 0.3) is 5.69 Å². The maximum atomic E-state index is 13.1. The Morgan fingerprint density at radius 3 is 2.58 bits per heavy atom. The van der Waals surface area contributed by atoms with E-state index in [1.807, 2.05) is 30.3 Å². The molecule has 4 aromatic rings. The fourth-order valence-corrected chi connectivity index (χ4v) is 3.03. The molecule has 2 aromatic heterocycles. The first-order chi connectivity index (χ1) is 14.8. The highest BCUT2D eigenvalue weighted by Crippen LogP contribution is 2.31. The number of aryl methyl sites for hydroxylation is 1. The molecule has 31 heavy (non-hydrogen) atoms. The summed E-state index contributed by atoms with van der Waals surface area (Å²) in [4.78, 5) is 12.7. The van der Waals surface area contributed by atoms with E-state index in [9.17, 15) is 18.0 Å². The molecule has 0 aliphatic carbocycles. The Balaban J connectivity index is 1.55. The Hall–Kier alpha value is -3.95. The zero-order valence-corrected chi connectivity index (χ0v) is 16.3. The number of benzene rings is 2. The van der Waals surface area contributed by atoms with E-state index in [0.717, 1.165) is 17.7 Å². The number of halogens is 3. The molecular formula is C21H17F3N6O. The lowest BCUT2D eigenvalue weighted by Crippen LogP contribution is -2.16. The van der Waals surface area contributed by atoms with Crippen LogP contribution in [0.3, 0.4) is 0 Å². The molecule has 0 fully saturated rings. The van der Waals surface area contributed by atoms with Crippen molar-refractivity contribution in [1.29, 1.82) is 0 Å². The van der Waals surface area contributed by atoms with Crippen molar-refractivity contribution >= 4 is 11.7 Å². The van der Waals surface area contributed by atoms with Gasteiger partial charge in [-0.25, -0.2) is 9.36 Å². The number of alkyl halides is 3. The first kappa shape index (κ1) is 20.3. The second-order valence-corrected chi connectivity index (χ2v) is 6.87. The van der Waals surface area contributed by atoms with Gasteiger partial charge >= 0.3 is 6.18 Å². The van der Waals surface area contributed by atoms with Crippen LogP contribution in [0.4, 0.5) is 19.0 Å². The summed E-state index contributed by atoms with van der Waals surface area (Å²) in [7, 11) is 0. The van der Waals surface area contributed by atoms with Crippen LogP contribution in [0, 0.1) is 6.92 Å². The molecule has 0 aliphatic rings. The molecule has 158 valence electrons. The van der Waals surface area contributed by atoms with Crippen LogP contribution < -0.4 is 5.32 Å². The highest BCUT2D eigenvalue weighted by atomic mass is 19.4. The Morgan fingerprint density at radius 1 is 1.06 bits per heavy atom. The lowest BCUT2D eigenvalue weighted by Gasteiger charge is -2.11. The molecule has 0 spiro atoms. The number of carbonyl (C=O) groups excluding carboxylic acids is 1. The van der Waals surface area contributed by atoms with Crippen molar-refractivity contribution in [3.05, 3.63) is 89.4 Å². The zero-order valence-electron chi connectivity index (χ0n) is 16.3. The van der Waals surface area contributed by atoms with Crippen molar-refractivity contribution in [3.8, 4) is 5.69 Å². The smallest absolute Gasteiger partial charge is 0.305 e. The fourth-order valence-electron chi connectivity index (χ4n) is 3.03. The van der Waals surface area contributed by atoms with Crippen LogP contribution in [0.15, 0.2) is 66.9 Å². The topological polar surface area (TPSA) is 77.6 Å². The van der Waals surface area contributed by atoms with Crippen molar-refractivity contribution < 1.29 is 18.0 Å². The summed E-state index contributed by atoms with van der Waals surface area (Å²) in [5.41, 5.74) is 0.966. The van der Waals surface area contributed by atoms with Gasteiger partial charge in [0, 0.05) is 6.07 Å². The second kappa shape index (κ2) is 8.05. The summed E-state index contributed by atoms with van der Waals surface area (Å²) in [6.07, 6.45) is -2.99. The number of nitrogens with zero attached hydrogens (tertiary/aromatic N) is 5. The monoisotopic (exact) mass is 426 g/mol. The van der Waals surface area contributed by atoms with Gasteiger partial charge in [0.05, 0.1) is 29.7 Å². The number of aromatic nitrogens is 5.